The van der Waals surface area contributed by atoms with Crippen LogP contribution in [0.1, 0.15) is 26.1 Å². The molecule has 5 nitrogen and oxygen atoms in total. The Bertz CT molecular complexity index is 479. The number of halogens is 1. The molecule has 2 rings (SSSR count). The van der Waals surface area contributed by atoms with Crippen molar-refractivity contribution < 1.29 is 4.79 Å². The minimum absolute atomic E-state index is 0.263. The Balaban J connectivity index is 2.24. The zero-order chi connectivity index (χ0) is 13.3. The molecule has 1 aromatic rings. The maximum absolute atomic E-state index is 11.4. The molecule has 0 aliphatic carbocycles. The summed E-state index contributed by atoms with van der Waals surface area (Å²) in [5.41, 5.74) is 4.95. The zero-order valence-corrected chi connectivity index (χ0v) is 11.4. The monoisotopic (exact) mass is 268 g/mol. The lowest BCUT2D eigenvalue weighted by Gasteiger charge is -2.22. The third-order valence-corrected chi connectivity index (χ3v) is 3.63. The molecule has 6 heteroatoms. The van der Waals surface area contributed by atoms with Gasteiger partial charge in [-0.25, -0.2) is 9.97 Å². The molecule has 0 spiro atoms. The molecule has 18 heavy (non-hydrogen) atoms. The maximum Gasteiger partial charge on any atom is 0.225 e. The van der Waals surface area contributed by atoms with Crippen molar-refractivity contribution in [2.24, 2.45) is 11.1 Å². The fourth-order valence-corrected chi connectivity index (χ4v) is 2.32. The molecule has 1 aliphatic heterocycles. The smallest absolute Gasteiger partial charge is 0.225 e. The van der Waals surface area contributed by atoms with Gasteiger partial charge in [0.1, 0.15) is 16.8 Å². The minimum atomic E-state index is -0.482. The van der Waals surface area contributed by atoms with E-state index in [1.807, 2.05) is 18.7 Å². The molecule has 1 fully saturated rings. The Morgan fingerprint density at radius 2 is 2.33 bits per heavy atom. The molecule has 1 aromatic heterocycles. The third-order valence-electron chi connectivity index (χ3n) is 3.44. The van der Waals surface area contributed by atoms with Gasteiger partial charge in [-0.2, -0.15) is 0 Å². The van der Waals surface area contributed by atoms with Gasteiger partial charge in [0.25, 0.3) is 0 Å². The summed E-state index contributed by atoms with van der Waals surface area (Å²) in [6.45, 7) is 5.21. The van der Waals surface area contributed by atoms with Gasteiger partial charge in [0.2, 0.25) is 5.91 Å². The number of carbonyl (C=O) groups is 1. The van der Waals surface area contributed by atoms with Gasteiger partial charge in [-0.3, -0.25) is 4.79 Å². The van der Waals surface area contributed by atoms with Crippen LogP contribution in [0.4, 0.5) is 5.82 Å². The standard InChI is InChI=1S/C12H17ClN4O/c1-3-9-15-8(13)6-10(16-9)17-5-4-12(2,7-17)11(14)18/h6H,3-5,7H2,1-2H3,(H2,14,18). The number of carbonyl (C=O) groups excluding carboxylic acids is 1. The molecule has 0 bridgehead atoms. The lowest BCUT2D eigenvalue weighted by Crippen LogP contribution is -2.37. The first-order valence-electron chi connectivity index (χ1n) is 6.03. The molecular weight excluding hydrogens is 252 g/mol. The summed E-state index contributed by atoms with van der Waals surface area (Å²) in [5, 5.41) is 0.435. The minimum Gasteiger partial charge on any atom is -0.369 e. The number of amides is 1. The second kappa shape index (κ2) is 4.72. The Morgan fingerprint density at radius 3 is 2.89 bits per heavy atom. The molecule has 0 saturated carbocycles. The van der Waals surface area contributed by atoms with Crippen LogP contribution >= 0.6 is 11.6 Å². The highest BCUT2D eigenvalue weighted by atomic mass is 35.5. The van der Waals surface area contributed by atoms with Gasteiger partial charge >= 0.3 is 0 Å². The number of anilines is 1. The summed E-state index contributed by atoms with van der Waals surface area (Å²) in [5.74, 6) is 1.22. The topological polar surface area (TPSA) is 72.1 Å². The van der Waals surface area contributed by atoms with Gasteiger partial charge in [0.15, 0.2) is 0 Å². The number of hydrogen-bond acceptors (Lipinski definition) is 4. The summed E-state index contributed by atoms with van der Waals surface area (Å²) in [4.78, 5) is 22.0. The second-order valence-corrected chi connectivity index (χ2v) is 5.30. The van der Waals surface area contributed by atoms with E-state index < -0.39 is 5.41 Å². The molecule has 1 saturated heterocycles. The normalized spacial score (nSPS) is 23.4. The van der Waals surface area contributed by atoms with E-state index in [-0.39, 0.29) is 5.91 Å². The van der Waals surface area contributed by atoms with Crippen LogP contribution in [0, 0.1) is 5.41 Å². The van der Waals surface area contributed by atoms with E-state index in [1.165, 1.54) is 0 Å². The second-order valence-electron chi connectivity index (χ2n) is 4.92. The van der Waals surface area contributed by atoms with E-state index in [1.54, 1.807) is 6.07 Å². The van der Waals surface area contributed by atoms with Gasteiger partial charge in [0.05, 0.1) is 5.41 Å². The summed E-state index contributed by atoms with van der Waals surface area (Å²) in [6.07, 6.45) is 1.47. The van der Waals surface area contributed by atoms with Crippen molar-refractivity contribution in [3.05, 3.63) is 17.0 Å². The average molecular weight is 269 g/mol. The van der Waals surface area contributed by atoms with Crippen molar-refractivity contribution in [1.29, 1.82) is 0 Å². The van der Waals surface area contributed by atoms with Gasteiger partial charge < -0.3 is 10.6 Å². The van der Waals surface area contributed by atoms with Gasteiger partial charge in [-0.1, -0.05) is 18.5 Å². The summed E-state index contributed by atoms with van der Waals surface area (Å²) in [7, 11) is 0. The molecular formula is C12H17ClN4O. The number of rotatable bonds is 3. The molecule has 2 heterocycles. The fourth-order valence-electron chi connectivity index (χ4n) is 2.13. The van der Waals surface area contributed by atoms with Gasteiger partial charge in [-0.15, -0.1) is 0 Å². The van der Waals surface area contributed by atoms with Crippen LogP contribution in [0.5, 0.6) is 0 Å². The average Bonchev–Trinajstić information content (AvgIpc) is 2.72. The number of nitrogens with two attached hydrogens (primary N) is 1. The van der Waals surface area contributed by atoms with Crippen molar-refractivity contribution in [3.8, 4) is 0 Å². The van der Waals surface area contributed by atoms with Crippen LogP contribution in [-0.4, -0.2) is 29.0 Å². The van der Waals surface area contributed by atoms with Crippen molar-refractivity contribution in [3.63, 3.8) is 0 Å². The molecule has 0 radical (unpaired) electrons. The largest absolute Gasteiger partial charge is 0.369 e. The third kappa shape index (κ3) is 2.41. The van der Waals surface area contributed by atoms with Crippen molar-refractivity contribution in [1.82, 2.24) is 9.97 Å². The first-order chi connectivity index (χ1) is 8.44. The SMILES string of the molecule is CCc1nc(Cl)cc(N2CCC(C)(C(N)=O)C2)n1. The van der Waals surface area contributed by atoms with Crippen molar-refractivity contribution in [2.75, 3.05) is 18.0 Å². The Labute approximate surface area is 111 Å². The van der Waals surface area contributed by atoms with Crippen LogP contribution < -0.4 is 10.6 Å². The number of hydrogen-bond donors (Lipinski definition) is 1. The highest BCUT2D eigenvalue weighted by Crippen LogP contribution is 2.32. The molecule has 98 valence electrons. The molecule has 1 atom stereocenters. The summed E-state index contributed by atoms with van der Waals surface area (Å²) in [6, 6.07) is 1.73. The highest BCUT2D eigenvalue weighted by Gasteiger charge is 2.39. The number of aromatic nitrogens is 2. The van der Waals surface area contributed by atoms with E-state index in [4.69, 9.17) is 17.3 Å². The number of primary amides is 1. The molecule has 1 unspecified atom stereocenters. The van der Waals surface area contributed by atoms with Gasteiger partial charge in [0, 0.05) is 25.6 Å². The highest BCUT2D eigenvalue weighted by molar-refractivity contribution is 6.29. The van der Waals surface area contributed by atoms with Crippen molar-refractivity contribution >= 4 is 23.3 Å². The van der Waals surface area contributed by atoms with E-state index in [2.05, 4.69) is 9.97 Å². The molecule has 2 N–H and O–H groups in total. The van der Waals surface area contributed by atoms with Crippen LogP contribution in [0.25, 0.3) is 0 Å². The molecule has 1 amide bonds. The molecule has 1 aliphatic rings. The Hall–Kier alpha value is -1.36. The van der Waals surface area contributed by atoms with E-state index >= 15 is 0 Å². The maximum atomic E-state index is 11.4. The van der Waals surface area contributed by atoms with Crippen molar-refractivity contribution in [2.45, 2.75) is 26.7 Å². The summed E-state index contributed by atoms with van der Waals surface area (Å²) < 4.78 is 0. The first kappa shape index (κ1) is 13.1. The number of aryl methyl sites for hydroxylation is 1. The van der Waals surface area contributed by atoms with E-state index in [9.17, 15) is 4.79 Å². The predicted molar refractivity (Wildman–Crippen MR) is 70.6 cm³/mol. The first-order valence-corrected chi connectivity index (χ1v) is 6.41. The van der Waals surface area contributed by atoms with Gasteiger partial charge in [-0.05, 0) is 13.3 Å². The Kier molecular flexibility index (Phi) is 3.43. The number of nitrogens with zero attached hydrogens (tertiary/aromatic N) is 3. The van der Waals surface area contributed by atoms with Crippen LogP contribution in [0.2, 0.25) is 5.15 Å². The van der Waals surface area contributed by atoms with E-state index in [0.717, 1.165) is 25.2 Å². The lowest BCUT2D eigenvalue weighted by molar-refractivity contribution is -0.125. The molecule has 0 aromatic carbocycles. The zero-order valence-electron chi connectivity index (χ0n) is 10.6. The van der Waals surface area contributed by atoms with Crippen LogP contribution in [0.3, 0.4) is 0 Å². The van der Waals surface area contributed by atoms with E-state index in [0.29, 0.717) is 17.5 Å². The predicted octanol–water partition coefficient (Wildman–Crippen LogP) is 1.39. The van der Waals surface area contributed by atoms with Crippen LogP contribution in [0.15, 0.2) is 6.07 Å². The fraction of sp³-hybridized carbons (Fsp3) is 0.583. The van der Waals surface area contributed by atoms with Crippen LogP contribution in [-0.2, 0) is 11.2 Å². The quantitative estimate of drug-likeness (QED) is 0.841. The summed E-state index contributed by atoms with van der Waals surface area (Å²) >= 11 is 5.97. The lowest BCUT2D eigenvalue weighted by atomic mass is 9.89. The Morgan fingerprint density at radius 1 is 1.61 bits per heavy atom.